The predicted molar refractivity (Wildman–Crippen MR) is 49.1 cm³/mol. The quantitative estimate of drug-likeness (QED) is 0.610. The second-order valence-electron chi connectivity index (χ2n) is 2.26. The molecule has 0 amide bonds. The van der Waals surface area contributed by atoms with Crippen LogP contribution in [-0.2, 0) is 14.4 Å². The van der Waals surface area contributed by atoms with E-state index in [4.69, 9.17) is 11.6 Å². The zero-order chi connectivity index (χ0) is 9.90. The SMILES string of the molecule is CS(=O)(=O)ON=C(Cl)c1cc[nH]c1. The highest BCUT2D eigenvalue weighted by Gasteiger charge is 2.04. The molecule has 72 valence electrons. The molecule has 0 atom stereocenters. The molecule has 0 saturated carbocycles. The lowest BCUT2D eigenvalue weighted by molar-refractivity contribution is 0.344. The summed E-state index contributed by atoms with van der Waals surface area (Å²) in [6.07, 6.45) is 4.09. The standard InChI is InChI=1S/C6H7ClN2O3S/c1-13(10,11)12-9-6(7)5-2-3-8-4-5/h2-4,8H,1H3. The second kappa shape index (κ2) is 3.80. The van der Waals surface area contributed by atoms with Gasteiger partial charge < -0.3 is 4.98 Å². The molecule has 5 nitrogen and oxygen atoms in total. The van der Waals surface area contributed by atoms with Crippen molar-refractivity contribution >= 4 is 26.9 Å². The van der Waals surface area contributed by atoms with Gasteiger partial charge in [0, 0.05) is 18.0 Å². The minimum absolute atomic E-state index is 0.0216. The monoisotopic (exact) mass is 222 g/mol. The Morgan fingerprint density at radius 2 is 2.38 bits per heavy atom. The van der Waals surface area contributed by atoms with Gasteiger partial charge in [-0.1, -0.05) is 16.8 Å². The summed E-state index contributed by atoms with van der Waals surface area (Å²) in [4.78, 5) is 2.74. The van der Waals surface area contributed by atoms with Crippen LogP contribution >= 0.6 is 11.6 Å². The number of hydrogen-bond acceptors (Lipinski definition) is 4. The summed E-state index contributed by atoms with van der Waals surface area (Å²) in [6, 6.07) is 1.64. The maximum absolute atomic E-state index is 10.5. The molecule has 1 rings (SSSR count). The van der Waals surface area contributed by atoms with E-state index in [9.17, 15) is 8.42 Å². The van der Waals surface area contributed by atoms with Crippen LogP contribution in [0.15, 0.2) is 23.6 Å². The van der Waals surface area contributed by atoms with E-state index in [1.54, 1.807) is 18.5 Å². The van der Waals surface area contributed by atoms with E-state index in [2.05, 4.69) is 14.4 Å². The van der Waals surface area contributed by atoms with Crippen LogP contribution in [0.25, 0.3) is 0 Å². The van der Waals surface area contributed by atoms with Gasteiger partial charge in [-0.3, -0.25) is 4.28 Å². The third-order valence-electron chi connectivity index (χ3n) is 1.09. The van der Waals surface area contributed by atoms with Crippen LogP contribution in [0, 0.1) is 0 Å². The second-order valence-corrected chi connectivity index (χ2v) is 4.18. The van der Waals surface area contributed by atoms with Gasteiger partial charge in [0.2, 0.25) is 0 Å². The number of aromatic amines is 1. The van der Waals surface area contributed by atoms with Crippen LogP contribution in [0.2, 0.25) is 0 Å². The highest BCUT2D eigenvalue weighted by molar-refractivity contribution is 7.85. The van der Waals surface area contributed by atoms with Gasteiger partial charge in [0.1, 0.15) is 0 Å². The molecule has 0 bridgehead atoms. The Bertz CT molecular complexity index is 396. The van der Waals surface area contributed by atoms with Crippen LogP contribution in [-0.4, -0.2) is 24.8 Å². The van der Waals surface area contributed by atoms with E-state index >= 15 is 0 Å². The zero-order valence-electron chi connectivity index (χ0n) is 6.69. The number of oxime groups is 1. The van der Waals surface area contributed by atoms with Gasteiger partial charge in [-0.15, -0.1) is 0 Å². The van der Waals surface area contributed by atoms with E-state index in [0.717, 1.165) is 6.26 Å². The van der Waals surface area contributed by atoms with Gasteiger partial charge in [-0.05, 0) is 6.07 Å². The van der Waals surface area contributed by atoms with Crippen molar-refractivity contribution in [3.05, 3.63) is 24.0 Å². The fourth-order valence-corrected chi connectivity index (χ4v) is 1.01. The molecule has 1 N–H and O–H groups in total. The molecule has 1 heterocycles. The molecule has 1 aromatic rings. The molecule has 0 radical (unpaired) electrons. The minimum Gasteiger partial charge on any atom is -0.367 e. The van der Waals surface area contributed by atoms with E-state index in [-0.39, 0.29) is 5.17 Å². The first-order valence-corrected chi connectivity index (χ1v) is 5.44. The first-order chi connectivity index (χ1) is 5.99. The van der Waals surface area contributed by atoms with E-state index in [1.165, 1.54) is 0 Å². The lowest BCUT2D eigenvalue weighted by Crippen LogP contribution is -1.99. The number of hydrogen-bond donors (Lipinski definition) is 1. The maximum Gasteiger partial charge on any atom is 0.325 e. The Balaban J connectivity index is 2.74. The summed E-state index contributed by atoms with van der Waals surface area (Å²) in [7, 11) is -3.59. The molecule has 0 aliphatic carbocycles. The van der Waals surface area contributed by atoms with Crippen molar-refractivity contribution in [2.24, 2.45) is 5.16 Å². The molecular formula is C6H7ClN2O3S. The summed E-state index contributed by atoms with van der Waals surface area (Å²) in [6.45, 7) is 0. The Morgan fingerprint density at radius 1 is 1.69 bits per heavy atom. The Morgan fingerprint density at radius 3 is 2.85 bits per heavy atom. The molecule has 0 aliphatic heterocycles. The predicted octanol–water partition coefficient (Wildman–Crippen LogP) is 0.891. The van der Waals surface area contributed by atoms with Gasteiger partial charge in [0.05, 0.1) is 6.26 Å². The molecule has 0 spiro atoms. The van der Waals surface area contributed by atoms with Crippen LogP contribution < -0.4 is 0 Å². The van der Waals surface area contributed by atoms with Gasteiger partial charge in [0.15, 0.2) is 5.17 Å². The molecule has 0 fully saturated rings. The first-order valence-electron chi connectivity index (χ1n) is 3.24. The average molecular weight is 223 g/mol. The summed E-state index contributed by atoms with van der Waals surface area (Å²) in [5.41, 5.74) is 0.560. The van der Waals surface area contributed by atoms with Crippen molar-refractivity contribution in [3.63, 3.8) is 0 Å². The largest absolute Gasteiger partial charge is 0.367 e. The molecule has 7 heteroatoms. The normalized spacial score (nSPS) is 12.9. The summed E-state index contributed by atoms with van der Waals surface area (Å²) < 4.78 is 25.1. The number of halogens is 1. The molecule has 0 saturated heterocycles. The third kappa shape index (κ3) is 3.47. The smallest absolute Gasteiger partial charge is 0.325 e. The van der Waals surface area contributed by atoms with E-state index < -0.39 is 10.1 Å². The zero-order valence-corrected chi connectivity index (χ0v) is 8.26. The van der Waals surface area contributed by atoms with Crippen molar-refractivity contribution in [1.82, 2.24) is 4.98 Å². The third-order valence-corrected chi connectivity index (χ3v) is 1.72. The highest BCUT2D eigenvalue weighted by Crippen LogP contribution is 2.04. The molecule has 1 aromatic heterocycles. The van der Waals surface area contributed by atoms with E-state index in [1.807, 2.05) is 0 Å². The van der Waals surface area contributed by atoms with Gasteiger partial charge in [-0.2, -0.15) is 8.42 Å². The van der Waals surface area contributed by atoms with Gasteiger partial charge in [-0.25, -0.2) is 0 Å². The summed E-state index contributed by atoms with van der Waals surface area (Å²) in [5.74, 6) is 0. The van der Waals surface area contributed by atoms with Crippen molar-refractivity contribution in [1.29, 1.82) is 0 Å². The first kappa shape index (κ1) is 10.1. The Hall–Kier alpha value is -1.01. The number of rotatable bonds is 3. The number of nitrogens with one attached hydrogen (secondary N) is 1. The van der Waals surface area contributed by atoms with Crippen LogP contribution in [0.3, 0.4) is 0 Å². The fourth-order valence-electron chi connectivity index (χ4n) is 0.605. The minimum atomic E-state index is -3.59. The molecular weight excluding hydrogens is 216 g/mol. The molecule has 0 unspecified atom stereocenters. The fraction of sp³-hybridized carbons (Fsp3) is 0.167. The molecule has 13 heavy (non-hydrogen) atoms. The molecule has 0 aliphatic rings. The lowest BCUT2D eigenvalue weighted by atomic mass is 10.4. The number of aromatic nitrogens is 1. The van der Waals surface area contributed by atoms with Crippen LogP contribution in [0.5, 0.6) is 0 Å². The summed E-state index contributed by atoms with van der Waals surface area (Å²) >= 11 is 5.59. The Labute approximate surface area is 80.5 Å². The number of nitrogens with zero attached hydrogens (tertiary/aromatic N) is 1. The highest BCUT2D eigenvalue weighted by atomic mass is 35.5. The van der Waals surface area contributed by atoms with Crippen molar-refractivity contribution in [2.45, 2.75) is 0 Å². The van der Waals surface area contributed by atoms with E-state index in [0.29, 0.717) is 5.56 Å². The molecule has 0 aromatic carbocycles. The maximum atomic E-state index is 10.5. The Kier molecular flexibility index (Phi) is 2.94. The lowest BCUT2D eigenvalue weighted by Gasteiger charge is -1.94. The van der Waals surface area contributed by atoms with Crippen molar-refractivity contribution < 1.29 is 12.7 Å². The van der Waals surface area contributed by atoms with Crippen LogP contribution in [0.1, 0.15) is 5.56 Å². The van der Waals surface area contributed by atoms with Crippen LogP contribution in [0.4, 0.5) is 0 Å². The number of H-pyrrole nitrogens is 1. The van der Waals surface area contributed by atoms with Gasteiger partial charge in [0.25, 0.3) is 0 Å². The van der Waals surface area contributed by atoms with Crippen molar-refractivity contribution in [3.8, 4) is 0 Å². The summed E-state index contributed by atoms with van der Waals surface area (Å²) in [5, 5.41) is 3.19. The van der Waals surface area contributed by atoms with Crippen molar-refractivity contribution in [2.75, 3.05) is 6.26 Å². The average Bonchev–Trinajstić information content (AvgIpc) is 2.50. The van der Waals surface area contributed by atoms with Gasteiger partial charge >= 0.3 is 10.1 Å². The topological polar surface area (TPSA) is 71.5 Å².